The number of thiazole rings is 1. The second-order valence-corrected chi connectivity index (χ2v) is 5.26. The number of anilines is 1. The molecule has 1 aromatic heterocycles. The lowest BCUT2D eigenvalue weighted by Crippen LogP contribution is -1.87. The van der Waals surface area contributed by atoms with Crippen LogP contribution >= 0.6 is 27.3 Å². The molecule has 84 valence electrons. The van der Waals surface area contributed by atoms with Gasteiger partial charge in [0.15, 0.2) is 0 Å². The lowest BCUT2D eigenvalue weighted by molar-refractivity contribution is 0.416. The van der Waals surface area contributed by atoms with E-state index in [0.29, 0.717) is 0 Å². The van der Waals surface area contributed by atoms with Gasteiger partial charge in [-0.25, -0.2) is 4.98 Å². The molecule has 2 aromatic rings. The summed E-state index contributed by atoms with van der Waals surface area (Å²) >= 11 is 4.91. The van der Waals surface area contributed by atoms with Crippen LogP contribution in [0.2, 0.25) is 0 Å². The first-order chi connectivity index (χ1) is 7.61. The summed E-state index contributed by atoms with van der Waals surface area (Å²) < 4.78 is 6.30. The van der Waals surface area contributed by atoms with E-state index in [0.717, 1.165) is 31.5 Å². The Hall–Kier alpha value is -1.07. The Balaban J connectivity index is 2.57. The summed E-state index contributed by atoms with van der Waals surface area (Å²) in [5, 5.41) is 1.63. The minimum atomic E-state index is 0.747. The number of methoxy groups -OCH3 is 1. The van der Waals surface area contributed by atoms with Gasteiger partial charge in [0.2, 0.25) is 0 Å². The number of benzene rings is 1. The summed E-state index contributed by atoms with van der Waals surface area (Å²) in [5.74, 6) is 0.803. The molecule has 0 aliphatic carbocycles. The van der Waals surface area contributed by atoms with Crippen molar-refractivity contribution in [1.82, 2.24) is 4.98 Å². The first-order valence-corrected chi connectivity index (χ1v) is 6.29. The van der Waals surface area contributed by atoms with Gasteiger partial charge in [-0.1, -0.05) is 27.3 Å². The van der Waals surface area contributed by atoms with Crippen molar-refractivity contribution in [3.05, 3.63) is 28.4 Å². The normalized spacial score (nSPS) is 10.4. The highest BCUT2D eigenvalue weighted by Crippen LogP contribution is 2.36. The third kappa shape index (κ3) is 2.05. The van der Waals surface area contributed by atoms with Crippen LogP contribution in [-0.2, 0) is 0 Å². The maximum Gasteiger partial charge on any atom is 0.129 e. The standard InChI is InChI=1S/C11H11BrN2OS/c1-6-10(13)16-11(14-6)8-5-7(12)3-4-9(8)15-2/h3-5H,13H2,1-2H3. The van der Waals surface area contributed by atoms with Crippen LogP contribution in [0.25, 0.3) is 10.6 Å². The van der Waals surface area contributed by atoms with E-state index in [9.17, 15) is 0 Å². The molecule has 5 heteroatoms. The number of aromatic nitrogens is 1. The number of nitrogens with two attached hydrogens (primary N) is 1. The van der Waals surface area contributed by atoms with Gasteiger partial charge in [0.25, 0.3) is 0 Å². The van der Waals surface area contributed by atoms with Crippen LogP contribution in [-0.4, -0.2) is 12.1 Å². The number of nitrogen functional groups attached to an aromatic ring is 1. The average Bonchev–Trinajstić information content (AvgIpc) is 2.59. The molecule has 2 rings (SSSR count). The SMILES string of the molecule is COc1ccc(Br)cc1-c1nc(C)c(N)s1. The van der Waals surface area contributed by atoms with Gasteiger partial charge in [0.1, 0.15) is 15.8 Å². The minimum Gasteiger partial charge on any atom is -0.496 e. The van der Waals surface area contributed by atoms with E-state index in [-0.39, 0.29) is 0 Å². The number of rotatable bonds is 2. The number of ether oxygens (including phenoxy) is 1. The second-order valence-electron chi connectivity index (χ2n) is 3.31. The van der Waals surface area contributed by atoms with Gasteiger partial charge in [-0.3, -0.25) is 0 Å². The van der Waals surface area contributed by atoms with Crippen molar-refractivity contribution < 1.29 is 4.74 Å². The third-order valence-corrected chi connectivity index (χ3v) is 3.74. The smallest absolute Gasteiger partial charge is 0.129 e. The molecule has 0 saturated carbocycles. The molecule has 0 amide bonds. The number of nitrogens with zero attached hydrogens (tertiary/aromatic N) is 1. The summed E-state index contributed by atoms with van der Waals surface area (Å²) in [7, 11) is 1.65. The van der Waals surface area contributed by atoms with Crippen LogP contribution in [0, 0.1) is 6.92 Å². The Morgan fingerprint density at radius 1 is 1.44 bits per heavy atom. The molecule has 0 aliphatic rings. The fourth-order valence-electron chi connectivity index (χ4n) is 1.37. The Morgan fingerprint density at radius 3 is 2.75 bits per heavy atom. The molecule has 3 nitrogen and oxygen atoms in total. The molecule has 0 aliphatic heterocycles. The van der Waals surface area contributed by atoms with E-state index in [2.05, 4.69) is 20.9 Å². The van der Waals surface area contributed by atoms with Gasteiger partial charge in [-0.15, -0.1) is 0 Å². The van der Waals surface area contributed by atoms with Crippen LogP contribution in [0.15, 0.2) is 22.7 Å². The van der Waals surface area contributed by atoms with Crippen LogP contribution in [0.5, 0.6) is 5.75 Å². The number of hydrogen-bond acceptors (Lipinski definition) is 4. The van der Waals surface area contributed by atoms with Crippen molar-refractivity contribution in [1.29, 1.82) is 0 Å². The van der Waals surface area contributed by atoms with Gasteiger partial charge < -0.3 is 10.5 Å². The van der Waals surface area contributed by atoms with E-state index < -0.39 is 0 Å². The molecule has 16 heavy (non-hydrogen) atoms. The van der Waals surface area contributed by atoms with E-state index >= 15 is 0 Å². The molecule has 0 atom stereocenters. The van der Waals surface area contributed by atoms with Crippen LogP contribution < -0.4 is 10.5 Å². The third-order valence-electron chi connectivity index (χ3n) is 2.22. The Kier molecular flexibility index (Phi) is 3.16. The van der Waals surface area contributed by atoms with Crippen molar-refractivity contribution in [2.45, 2.75) is 6.92 Å². The summed E-state index contributed by atoms with van der Waals surface area (Å²) in [6.07, 6.45) is 0. The van der Waals surface area contributed by atoms with Gasteiger partial charge in [0.05, 0.1) is 18.4 Å². The summed E-state index contributed by atoms with van der Waals surface area (Å²) in [6.45, 7) is 1.90. The minimum absolute atomic E-state index is 0.747. The van der Waals surface area contributed by atoms with Crippen molar-refractivity contribution in [2.24, 2.45) is 0 Å². The molecule has 0 bridgehead atoms. The zero-order chi connectivity index (χ0) is 11.7. The summed E-state index contributed by atoms with van der Waals surface area (Å²) in [4.78, 5) is 4.42. The van der Waals surface area contributed by atoms with Crippen molar-refractivity contribution in [2.75, 3.05) is 12.8 Å². The number of aryl methyl sites for hydroxylation is 1. The lowest BCUT2D eigenvalue weighted by atomic mass is 10.2. The largest absolute Gasteiger partial charge is 0.496 e. The molecule has 2 N–H and O–H groups in total. The first kappa shape index (κ1) is 11.4. The fraction of sp³-hybridized carbons (Fsp3) is 0.182. The van der Waals surface area contributed by atoms with Crippen molar-refractivity contribution in [3.8, 4) is 16.3 Å². The van der Waals surface area contributed by atoms with Gasteiger partial charge in [-0.2, -0.15) is 0 Å². The Morgan fingerprint density at radius 2 is 2.19 bits per heavy atom. The molecular formula is C11H11BrN2OS. The van der Waals surface area contributed by atoms with Crippen molar-refractivity contribution >= 4 is 32.3 Å². The van der Waals surface area contributed by atoms with E-state index in [1.165, 1.54) is 11.3 Å². The highest BCUT2D eigenvalue weighted by Gasteiger charge is 2.12. The Labute approximate surface area is 106 Å². The predicted molar refractivity (Wildman–Crippen MR) is 71.0 cm³/mol. The lowest BCUT2D eigenvalue weighted by Gasteiger charge is -2.05. The summed E-state index contributed by atoms with van der Waals surface area (Å²) in [6, 6.07) is 5.83. The number of hydrogen-bond donors (Lipinski definition) is 1. The Bertz CT molecular complexity index is 505. The first-order valence-electron chi connectivity index (χ1n) is 4.68. The molecule has 1 aromatic carbocycles. The number of halogens is 1. The monoisotopic (exact) mass is 298 g/mol. The second kappa shape index (κ2) is 4.43. The van der Waals surface area contributed by atoms with Gasteiger partial charge in [-0.05, 0) is 25.1 Å². The van der Waals surface area contributed by atoms with E-state index in [1.54, 1.807) is 7.11 Å². The molecule has 0 saturated heterocycles. The quantitative estimate of drug-likeness (QED) is 0.923. The van der Waals surface area contributed by atoms with Crippen molar-refractivity contribution in [3.63, 3.8) is 0 Å². The highest BCUT2D eigenvalue weighted by atomic mass is 79.9. The van der Waals surface area contributed by atoms with E-state index in [4.69, 9.17) is 10.5 Å². The highest BCUT2D eigenvalue weighted by molar-refractivity contribution is 9.10. The van der Waals surface area contributed by atoms with Crippen LogP contribution in [0.1, 0.15) is 5.69 Å². The van der Waals surface area contributed by atoms with Gasteiger partial charge >= 0.3 is 0 Å². The molecule has 1 heterocycles. The topological polar surface area (TPSA) is 48.1 Å². The fourth-order valence-corrected chi connectivity index (χ4v) is 2.59. The molecule has 0 radical (unpaired) electrons. The molecule has 0 unspecified atom stereocenters. The summed E-state index contributed by atoms with van der Waals surface area (Å²) in [5.41, 5.74) is 7.63. The average molecular weight is 299 g/mol. The van der Waals surface area contributed by atoms with Gasteiger partial charge in [0, 0.05) is 4.47 Å². The maximum atomic E-state index is 5.81. The zero-order valence-corrected chi connectivity index (χ0v) is 11.4. The van der Waals surface area contributed by atoms with E-state index in [1.807, 2.05) is 25.1 Å². The maximum absolute atomic E-state index is 5.81. The molecule has 0 fully saturated rings. The van der Waals surface area contributed by atoms with Crippen LogP contribution in [0.3, 0.4) is 0 Å². The molecular weight excluding hydrogens is 288 g/mol. The molecule has 0 spiro atoms. The van der Waals surface area contributed by atoms with Crippen LogP contribution in [0.4, 0.5) is 5.00 Å². The zero-order valence-electron chi connectivity index (χ0n) is 8.95. The predicted octanol–water partition coefficient (Wildman–Crippen LogP) is 3.47.